The number of carbonyl (C=O) groups is 3. The van der Waals surface area contributed by atoms with Gasteiger partial charge in [-0.15, -0.1) is 0 Å². The minimum Gasteiger partial charge on any atom is -0.481 e. The predicted molar refractivity (Wildman–Crippen MR) is 122 cm³/mol. The van der Waals surface area contributed by atoms with Crippen LogP contribution in [0.15, 0.2) is 88.6 Å². The number of nitrogens with two attached hydrogens (primary N) is 1. The third-order valence-corrected chi connectivity index (χ3v) is 4.69. The van der Waals surface area contributed by atoms with Gasteiger partial charge in [0.1, 0.15) is 0 Å². The summed E-state index contributed by atoms with van der Waals surface area (Å²) < 4.78 is 4.68. The molecule has 0 saturated carbocycles. The lowest BCUT2D eigenvalue weighted by Gasteiger charge is -2.23. The van der Waals surface area contributed by atoms with Gasteiger partial charge in [-0.25, -0.2) is 9.59 Å². The van der Waals surface area contributed by atoms with Crippen molar-refractivity contribution in [1.29, 1.82) is 0 Å². The molecule has 0 radical (unpaired) electrons. The Bertz CT molecular complexity index is 1060. The highest BCUT2D eigenvalue weighted by Gasteiger charge is 2.34. The maximum atomic E-state index is 10.8. The van der Waals surface area contributed by atoms with Crippen molar-refractivity contribution in [1.82, 2.24) is 0 Å². The van der Waals surface area contributed by atoms with E-state index in [1.165, 1.54) is 25.2 Å². The first-order chi connectivity index (χ1) is 15.7. The normalized spacial score (nSPS) is 16.9. The lowest BCUT2D eigenvalue weighted by atomic mass is 9.80. The number of azo groups is 1. The van der Waals surface area contributed by atoms with Crippen molar-refractivity contribution >= 4 is 29.4 Å². The van der Waals surface area contributed by atoms with E-state index in [-0.39, 0.29) is 18.6 Å². The van der Waals surface area contributed by atoms with Crippen LogP contribution in [0.5, 0.6) is 0 Å². The number of hydrogen-bond donors (Lipinski definition) is 3. The molecule has 0 aromatic heterocycles. The second-order valence-electron chi connectivity index (χ2n) is 7.38. The van der Waals surface area contributed by atoms with Crippen LogP contribution in [0.4, 0.5) is 16.2 Å². The zero-order valence-corrected chi connectivity index (χ0v) is 18.0. The van der Waals surface area contributed by atoms with Crippen LogP contribution >= 0.6 is 0 Å². The number of hydrogen-bond acceptors (Lipinski definition) is 6. The highest BCUT2D eigenvalue weighted by molar-refractivity contribution is 5.90. The van der Waals surface area contributed by atoms with Crippen LogP contribution in [-0.2, 0) is 20.7 Å². The molecule has 4 N–H and O–H groups in total. The zero-order chi connectivity index (χ0) is 24.3. The van der Waals surface area contributed by atoms with Crippen LogP contribution in [0.3, 0.4) is 0 Å². The number of benzene rings is 2. The van der Waals surface area contributed by atoms with E-state index in [4.69, 9.17) is 15.9 Å². The Hall–Kier alpha value is -4.27. The molecule has 172 valence electrons. The molecule has 9 heteroatoms. The highest BCUT2D eigenvalue weighted by Crippen LogP contribution is 2.31. The number of nitrogens with zero attached hydrogens (tertiary/aromatic N) is 2. The number of aliphatic carboxylic acids is 2. The van der Waals surface area contributed by atoms with Crippen LogP contribution in [0.2, 0.25) is 0 Å². The van der Waals surface area contributed by atoms with Crippen LogP contribution in [0, 0.1) is 5.41 Å². The Morgan fingerprint density at radius 3 is 2.15 bits per heavy atom. The number of carbonyl (C=O) groups excluding carboxylic acids is 1. The lowest BCUT2D eigenvalue weighted by Crippen LogP contribution is -2.28. The molecule has 0 spiro atoms. The van der Waals surface area contributed by atoms with Gasteiger partial charge >= 0.3 is 18.0 Å². The average molecular weight is 451 g/mol. The third kappa shape index (κ3) is 8.41. The molecule has 0 bridgehead atoms. The molecule has 2 aromatic carbocycles. The largest absolute Gasteiger partial charge is 0.481 e. The van der Waals surface area contributed by atoms with Gasteiger partial charge in [0.25, 0.3) is 0 Å². The van der Waals surface area contributed by atoms with Gasteiger partial charge in [-0.05, 0) is 43.2 Å². The highest BCUT2D eigenvalue weighted by atomic mass is 16.5. The molecule has 1 amide bonds. The minimum absolute atomic E-state index is 0.0359. The molecular formula is C24H25N3O6. The van der Waals surface area contributed by atoms with Gasteiger partial charge < -0.3 is 20.7 Å². The molecule has 1 atom stereocenters. The van der Waals surface area contributed by atoms with Crippen molar-refractivity contribution in [3.63, 3.8) is 0 Å². The van der Waals surface area contributed by atoms with Gasteiger partial charge in [-0.1, -0.05) is 48.6 Å². The van der Waals surface area contributed by atoms with Crippen molar-refractivity contribution in [2.75, 3.05) is 6.61 Å². The van der Waals surface area contributed by atoms with Crippen LogP contribution < -0.4 is 5.73 Å². The quantitative estimate of drug-likeness (QED) is 0.515. The first-order valence-electron chi connectivity index (χ1n) is 10.0. The smallest absolute Gasteiger partial charge is 0.404 e. The van der Waals surface area contributed by atoms with Gasteiger partial charge in [0.05, 0.1) is 23.4 Å². The topological polar surface area (TPSA) is 152 Å². The fraction of sp³-hybridized carbons (Fsp3) is 0.208. The monoisotopic (exact) mass is 451 g/mol. The van der Waals surface area contributed by atoms with E-state index >= 15 is 0 Å². The van der Waals surface area contributed by atoms with Crippen LogP contribution in [-0.4, -0.2) is 34.9 Å². The van der Waals surface area contributed by atoms with Gasteiger partial charge in [0.2, 0.25) is 0 Å². The van der Waals surface area contributed by atoms with E-state index in [2.05, 4.69) is 15.0 Å². The Morgan fingerprint density at radius 1 is 1.00 bits per heavy atom. The summed E-state index contributed by atoms with van der Waals surface area (Å²) in [6.45, 7) is 1.78. The van der Waals surface area contributed by atoms with Crippen molar-refractivity contribution < 1.29 is 29.3 Å². The second-order valence-corrected chi connectivity index (χ2v) is 7.38. The van der Waals surface area contributed by atoms with Gasteiger partial charge in [-0.2, -0.15) is 10.2 Å². The molecule has 33 heavy (non-hydrogen) atoms. The fourth-order valence-corrected chi connectivity index (χ4v) is 2.79. The molecule has 0 fully saturated rings. The summed E-state index contributed by atoms with van der Waals surface area (Å²) in [4.78, 5) is 31.8. The molecule has 2 aromatic rings. The number of rotatable bonds is 7. The Balaban J connectivity index is 0.000000257. The SMILES string of the molecule is CC1(C(=O)O)C=CC=C(C(=O)O)C1.NC(=O)OCCc1ccc(N=Nc2ccccc2)cc1. The number of allylic oxidation sites excluding steroid dienone is 2. The van der Waals surface area contributed by atoms with Gasteiger partial charge in [-0.3, -0.25) is 4.79 Å². The van der Waals surface area contributed by atoms with Crippen molar-refractivity contribution in [2.24, 2.45) is 21.4 Å². The van der Waals surface area contributed by atoms with E-state index in [1.807, 2.05) is 54.6 Å². The summed E-state index contributed by atoms with van der Waals surface area (Å²) in [7, 11) is 0. The number of carboxylic acid groups (broad SMARTS) is 2. The first kappa shape index (κ1) is 25.0. The number of primary amides is 1. The summed E-state index contributed by atoms with van der Waals surface area (Å²) >= 11 is 0. The molecule has 0 saturated heterocycles. The van der Waals surface area contributed by atoms with E-state index in [0.29, 0.717) is 6.42 Å². The third-order valence-electron chi connectivity index (χ3n) is 4.69. The molecule has 0 aliphatic heterocycles. The van der Waals surface area contributed by atoms with Gasteiger partial charge in [0.15, 0.2) is 0 Å². The molecule has 1 unspecified atom stereocenters. The molecule has 1 aliphatic rings. The predicted octanol–water partition coefficient (Wildman–Crippen LogP) is 4.79. The van der Waals surface area contributed by atoms with Crippen molar-refractivity contribution in [3.05, 3.63) is 84.0 Å². The summed E-state index contributed by atoms with van der Waals surface area (Å²) in [6.07, 6.45) is 4.31. The molecule has 9 nitrogen and oxygen atoms in total. The molecule has 0 heterocycles. The van der Waals surface area contributed by atoms with Crippen LogP contribution in [0.25, 0.3) is 0 Å². The van der Waals surface area contributed by atoms with Crippen molar-refractivity contribution in [3.8, 4) is 0 Å². The summed E-state index contributed by atoms with van der Waals surface area (Å²) in [5, 5.41) is 25.8. The molecule has 1 aliphatic carbocycles. The summed E-state index contributed by atoms with van der Waals surface area (Å²) in [6, 6.07) is 17.1. The Morgan fingerprint density at radius 2 is 1.61 bits per heavy atom. The number of ether oxygens (including phenoxy) is 1. The van der Waals surface area contributed by atoms with E-state index in [1.54, 1.807) is 0 Å². The maximum Gasteiger partial charge on any atom is 0.404 e. The summed E-state index contributed by atoms with van der Waals surface area (Å²) in [5.74, 6) is -2.06. The average Bonchev–Trinajstić information content (AvgIpc) is 2.79. The zero-order valence-electron chi connectivity index (χ0n) is 18.0. The maximum absolute atomic E-state index is 10.8. The molecular weight excluding hydrogens is 426 g/mol. The summed E-state index contributed by atoms with van der Waals surface area (Å²) in [5.41, 5.74) is 6.57. The Kier molecular flexibility index (Phi) is 9.05. The van der Waals surface area contributed by atoms with E-state index in [0.717, 1.165) is 16.9 Å². The van der Waals surface area contributed by atoms with Gasteiger partial charge in [0, 0.05) is 12.0 Å². The minimum atomic E-state index is -1.08. The van der Waals surface area contributed by atoms with E-state index in [9.17, 15) is 14.4 Å². The lowest BCUT2D eigenvalue weighted by molar-refractivity contribution is -0.145. The standard InChI is InChI=1S/C15H15N3O2.C9H10O4/c16-15(19)20-11-10-12-6-8-14(9-7-12)18-17-13-4-2-1-3-5-13;1-9(8(12)13)4-2-3-6(5-9)7(10)11/h1-9H,10-11H2,(H2,16,19);2-4H,5H2,1H3,(H,10,11)(H,12,13). The number of amides is 1. The number of carboxylic acids is 2. The van der Waals surface area contributed by atoms with Crippen molar-refractivity contribution in [2.45, 2.75) is 19.8 Å². The molecule has 3 rings (SSSR count). The van der Waals surface area contributed by atoms with E-state index < -0.39 is 23.4 Å². The first-order valence-corrected chi connectivity index (χ1v) is 10.0. The second kappa shape index (κ2) is 11.9. The Labute approximate surface area is 190 Å². The fourth-order valence-electron chi connectivity index (χ4n) is 2.79. The van der Waals surface area contributed by atoms with Crippen LogP contribution in [0.1, 0.15) is 18.9 Å².